The van der Waals surface area contributed by atoms with Crippen molar-refractivity contribution in [3.8, 4) is 0 Å². The zero-order valence-electron chi connectivity index (χ0n) is 11.6. The summed E-state index contributed by atoms with van der Waals surface area (Å²) in [7, 11) is 1.48. The maximum Gasteiger partial charge on any atom is 0.323 e. The van der Waals surface area contributed by atoms with Crippen LogP contribution in [0, 0.1) is 0 Å². The molecular formula is C13H23N3O3. The molecule has 0 unspecified atom stereocenters. The predicted octanol–water partition coefficient (Wildman–Crippen LogP) is 1.37. The molecule has 3 N–H and O–H groups in total. The van der Waals surface area contributed by atoms with Gasteiger partial charge in [0.25, 0.3) is 0 Å². The molecule has 0 aliphatic heterocycles. The fourth-order valence-corrected chi connectivity index (χ4v) is 1.33. The number of carbonyl (C=O) groups excluding carboxylic acids is 1. The van der Waals surface area contributed by atoms with Gasteiger partial charge in [0.2, 0.25) is 5.91 Å². The number of hydrogen-bond donors (Lipinski definition) is 2. The number of rotatable bonds is 8. The van der Waals surface area contributed by atoms with E-state index >= 15 is 0 Å². The molecule has 6 heteroatoms. The molecule has 0 radical (unpaired) electrons. The summed E-state index contributed by atoms with van der Waals surface area (Å²) in [5.74, 6) is -1.40. The Kier molecular flexibility index (Phi) is 9.12. The summed E-state index contributed by atoms with van der Waals surface area (Å²) in [4.78, 5) is 26.8. The van der Waals surface area contributed by atoms with E-state index in [1.54, 1.807) is 0 Å². The topological polar surface area (TPSA) is 96.0 Å². The molecule has 0 aromatic heterocycles. The van der Waals surface area contributed by atoms with Crippen molar-refractivity contribution < 1.29 is 14.7 Å². The lowest BCUT2D eigenvalue weighted by Gasteiger charge is -2.14. The highest BCUT2D eigenvalue weighted by Gasteiger charge is 2.08. The first-order chi connectivity index (χ1) is 8.97. The summed E-state index contributed by atoms with van der Waals surface area (Å²) in [6, 6.07) is 0. The predicted molar refractivity (Wildman–Crippen MR) is 74.8 cm³/mol. The van der Waals surface area contributed by atoms with E-state index in [0.29, 0.717) is 6.42 Å². The van der Waals surface area contributed by atoms with E-state index < -0.39 is 5.97 Å². The Bertz CT molecular complexity index is 351. The van der Waals surface area contributed by atoms with E-state index in [2.05, 4.69) is 24.1 Å². The molecule has 0 saturated carbocycles. The number of allylic oxidation sites excluding steroid dienone is 2. The van der Waals surface area contributed by atoms with Crippen molar-refractivity contribution in [1.29, 1.82) is 0 Å². The number of aliphatic imine (C=N–C) groups is 1. The van der Waals surface area contributed by atoms with Crippen LogP contribution >= 0.6 is 0 Å². The number of aliphatic carboxylic acids is 1. The van der Waals surface area contributed by atoms with Crippen LogP contribution in [0.2, 0.25) is 0 Å². The Hall–Kier alpha value is -1.85. The van der Waals surface area contributed by atoms with Gasteiger partial charge in [0.05, 0.1) is 0 Å². The van der Waals surface area contributed by atoms with Gasteiger partial charge in [-0.05, 0) is 19.3 Å². The average molecular weight is 269 g/mol. The van der Waals surface area contributed by atoms with Crippen molar-refractivity contribution in [1.82, 2.24) is 4.90 Å². The monoisotopic (exact) mass is 269 g/mol. The van der Waals surface area contributed by atoms with Gasteiger partial charge in [-0.25, -0.2) is 0 Å². The van der Waals surface area contributed by atoms with E-state index in [-0.39, 0.29) is 18.4 Å². The van der Waals surface area contributed by atoms with Gasteiger partial charge in [0.1, 0.15) is 6.54 Å². The minimum absolute atomic E-state index is 0.0612. The fourth-order valence-electron chi connectivity index (χ4n) is 1.33. The van der Waals surface area contributed by atoms with Crippen LogP contribution in [-0.2, 0) is 9.59 Å². The minimum Gasteiger partial charge on any atom is -0.480 e. The normalized spacial score (nSPS) is 11.8. The zero-order valence-corrected chi connectivity index (χ0v) is 11.6. The summed E-state index contributed by atoms with van der Waals surface area (Å²) in [5.41, 5.74) is 5.51. The smallest absolute Gasteiger partial charge is 0.323 e. The van der Waals surface area contributed by atoms with E-state index in [1.165, 1.54) is 11.9 Å². The molecule has 0 rings (SSSR count). The molecule has 0 heterocycles. The minimum atomic E-state index is -1.02. The van der Waals surface area contributed by atoms with Crippen molar-refractivity contribution in [2.45, 2.75) is 39.0 Å². The first kappa shape index (κ1) is 17.2. The van der Waals surface area contributed by atoms with Gasteiger partial charge in [-0.15, -0.1) is 0 Å². The van der Waals surface area contributed by atoms with Crippen LogP contribution in [0.3, 0.4) is 0 Å². The van der Waals surface area contributed by atoms with Crippen LogP contribution in [-0.4, -0.2) is 41.4 Å². The number of nitrogens with zero attached hydrogens (tertiary/aromatic N) is 2. The number of likely N-dealkylation sites (N-methyl/N-ethyl adjacent to an activating group) is 1. The van der Waals surface area contributed by atoms with Gasteiger partial charge in [-0.2, -0.15) is 4.99 Å². The number of hydrogen-bond acceptors (Lipinski definition) is 2. The first-order valence-electron chi connectivity index (χ1n) is 6.42. The van der Waals surface area contributed by atoms with E-state index in [4.69, 9.17) is 10.8 Å². The standard InChI is InChI=1S/C13H23N3O3/c1-3-4-5-6-7-8-9-11(17)15-13(14)16(2)10-12(18)19/h5-6H,3-4,7-10H2,1-2H3,(H,18,19)(H2,14,15,17). The fraction of sp³-hybridized carbons (Fsp3) is 0.615. The largest absolute Gasteiger partial charge is 0.480 e. The molecule has 1 amide bonds. The Labute approximate surface area is 114 Å². The van der Waals surface area contributed by atoms with Crippen LogP contribution in [0.15, 0.2) is 17.1 Å². The van der Waals surface area contributed by atoms with Crippen molar-refractivity contribution in [2.24, 2.45) is 10.7 Å². The van der Waals surface area contributed by atoms with E-state index in [0.717, 1.165) is 25.7 Å². The SMILES string of the molecule is CCCC=CCCCC(=O)N=C(N)N(C)CC(=O)O. The molecule has 0 spiro atoms. The molecule has 108 valence electrons. The lowest BCUT2D eigenvalue weighted by Crippen LogP contribution is -2.38. The number of unbranched alkanes of at least 4 members (excludes halogenated alkanes) is 2. The maximum atomic E-state index is 11.5. The molecule has 0 fully saturated rings. The van der Waals surface area contributed by atoms with Gasteiger partial charge >= 0.3 is 5.97 Å². The third-order valence-corrected chi connectivity index (χ3v) is 2.39. The van der Waals surface area contributed by atoms with Crippen LogP contribution in [0.5, 0.6) is 0 Å². The summed E-state index contributed by atoms with van der Waals surface area (Å²) in [6.07, 6.45) is 8.21. The third-order valence-electron chi connectivity index (χ3n) is 2.39. The quantitative estimate of drug-likeness (QED) is 0.300. The number of nitrogens with two attached hydrogens (primary N) is 1. The molecular weight excluding hydrogens is 246 g/mol. The molecule has 0 aliphatic carbocycles. The van der Waals surface area contributed by atoms with Crippen molar-refractivity contribution in [2.75, 3.05) is 13.6 Å². The second-order valence-corrected chi connectivity index (χ2v) is 4.27. The first-order valence-corrected chi connectivity index (χ1v) is 6.42. The molecule has 0 aromatic carbocycles. The van der Waals surface area contributed by atoms with Crippen LogP contribution in [0.1, 0.15) is 39.0 Å². The average Bonchev–Trinajstić information content (AvgIpc) is 2.32. The Morgan fingerprint density at radius 1 is 1.32 bits per heavy atom. The highest BCUT2D eigenvalue weighted by molar-refractivity contribution is 5.93. The van der Waals surface area contributed by atoms with Crippen molar-refractivity contribution in [3.63, 3.8) is 0 Å². The van der Waals surface area contributed by atoms with Gasteiger partial charge < -0.3 is 15.7 Å². The highest BCUT2D eigenvalue weighted by atomic mass is 16.4. The van der Waals surface area contributed by atoms with Gasteiger partial charge in [0, 0.05) is 13.5 Å². The lowest BCUT2D eigenvalue weighted by molar-refractivity contribution is -0.137. The number of guanidine groups is 1. The summed E-state index contributed by atoms with van der Waals surface area (Å²) < 4.78 is 0. The number of amides is 1. The lowest BCUT2D eigenvalue weighted by atomic mass is 10.2. The number of carboxylic acids is 1. The van der Waals surface area contributed by atoms with Crippen LogP contribution < -0.4 is 5.73 Å². The summed E-state index contributed by atoms with van der Waals surface area (Å²) >= 11 is 0. The van der Waals surface area contributed by atoms with Crippen molar-refractivity contribution in [3.05, 3.63) is 12.2 Å². The number of carboxylic acid groups (broad SMARTS) is 1. The van der Waals surface area contributed by atoms with E-state index in [1.807, 2.05) is 0 Å². The Balaban J connectivity index is 3.98. The molecule has 0 aliphatic rings. The Morgan fingerprint density at radius 2 is 1.95 bits per heavy atom. The highest BCUT2D eigenvalue weighted by Crippen LogP contribution is 2.00. The molecule has 0 saturated heterocycles. The van der Waals surface area contributed by atoms with E-state index in [9.17, 15) is 9.59 Å². The summed E-state index contributed by atoms with van der Waals surface area (Å²) in [5, 5.41) is 8.57. The van der Waals surface area contributed by atoms with Crippen molar-refractivity contribution >= 4 is 17.8 Å². The Morgan fingerprint density at radius 3 is 2.53 bits per heavy atom. The zero-order chi connectivity index (χ0) is 14.7. The molecule has 0 bridgehead atoms. The van der Waals surface area contributed by atoms with Gasteiger partial charge in [-0.3, -0.25) is 9.59 Å². The summed E-state index contributed by atoms with van der Waals surface area (Å²) in [6.45, 7) is 1.83. The molecule has 19 heavy (non-hydrogen) atoms. The molecule has 0 atom stereocenters. The van der Waals surface area contributed by atoms with Gasteiger partial charge in [0.15, 0.2) is 5.96 Å². The third kappa shape index (κ3) is 9.82. The van der Waals surface area contributed by atoms with Crippen LogP contribution in [0.25, 0.3) is 0 Å². The number of carbonyl (C=O) groups is 2. The second kappa shape index (κ2) is 10.1. The molecule has 0 aromatic rings. The van der Waals surface area contributed by atoms with Gasteiger partial charge in [-0.1, -0.05) is 25.5 Å². The maximum absolute atomic E-state index is 11.5. The second-order valence-electron chi connectivity index (χ2n) is 4.27. The molecule has 6 nitrogen and oxygen atoms in total. The van der Waals surface area contributed by atoms with Crippen LogP contribution in [0.4, 0.5) is 0 Å².